The zero-order valence-electron chi connectivity index (χ0n) is 20.1. The number of methoxy groups -OCH3 is 2. The predicted molar refractivity (Wildman–Crippen MR) is 133 cm³/mol. The molecule has 8 heteroatoms. The van der Waals surface area contributed by atoms with Crippen LogP contribution in [0.25, 0.3) is 28.2 Å². The second kappa shape index (κ2) is 9.13. The molecule has 0 amide bonds. The van der Waals surface area contributed by atoms with Crippen LogP contribution < -0.4 is 15.0 Å². The molecular formula is C27H26N4O4. The van der Waals surface area contributed by atoms with Gasteiger partial charge < -0.3 is 18.5 Å². The Kier molecular flexibility index (Phi) is 5.86. The number of benzene rings is 2. The molecule has 0 bridgehead atoms. The first-order valence-corrected chi connectivity index (χ1v) is 11.4. The smallest absolute Gasteiger partial charge is 0.276 e. The highest BCUT2D eigenvalue weighted by molar-refractivity contribution is 5.68. The first kappa shape index (κ1) is 22.5. The Morgan fingerprint density at radius 3 is 2.54 bits per heavy atom. The number of fused-ring (bicyclic) bond motifs is 1. The van der Waals surface area contributed by atoms with Gasteiger partial charge in [0.05, 0.1) is 32.0 Å². The van der Waals surface area contributed by atoms with Crippen LogP contribution in [-0.4, -0.2) is 33.4 Å². The van der Waals surface area contributed by atoms with Crippen LogP contribution in [0.1, 0.15) is 23.9 Å². The van der Waals surface area contributed by atoms with Crippen LogP contribution in [0.4, 0.5) is 0 Å². The van der Waals surface area contributed by atoms with Crippen LogP contribution in [-0.2, 0) is 13.0 Å². The van der Waals surface area contributed by atoms with Gasteiger partial charge in [-0.05, 0) is 37.1 Å². The highest BCUT2D eigenvalue weighted by Crippen LogP contribution is 2.38. The van der Waals surface area contributed by atoms with Crippen LogP contribution in [0.15, 0.2) is 70.1 Å². The summed E-state index contributed by atoms with van der Waals surface area (Å²) in [4.78, 5) is 17.9. The van der Waals surface area contributed by atoms with Crippen molar-refractivity contribution >= 4 is 5.52 Å². The molecule has 0 saturated heterocycles. The summed E-state index contributed by atoms with van der Waals surface area (Å²) in [6, 6.07) is 15.6. The molecule has 0 aliphatic rings. The highest BCUT2D eigenvalue weighted by Gasteiger charge is 2.19. The van der Waals surface area contributed by atoms with Crippen LogP contribution in [0.5, 0.6) is 11.5 Å². The summed E-state index contributed by atoms with van der Waals surface area (Å²) >= 11 is 0. The molecule has 8 nitrogen and oxygen atoms in total. The number of aryl methyl sites for hydroxylation is 2. The van der Waals surface area contributed by atoms with Crippen molar-refractivity contribution < 1.29 is 13.9 Å². The Balaban J connectivity index is 1.48. The predicted octanol–water partition coefficient (Wildman–Crippen LogP) is 4.75. The van der Waals surface area contributed by atoms with Crippen molar-refractivity contribution in [2.45, 2.75) is 26.8 Å². The van der Waals surface area contributed by atoms with E-state index < -0.39 is 0 Å². The molecule has 0 fully saturated rings. The number of ether oxygens (including phenoxy) is 2. The summed E-state index contributed by atoms with van der Waals surface area (Å²) in [5, 5.41) is 4.59. The normalized spacial score (nSPS) is 11.2. The van der Waals surface area contributed by atoms with Gasteiger partial charge in [-0.25, -0.2) is 9.50 Å². The number of rotatable bonds is 7. The lowest BCUT2D eigenvalue weighted by Crippen LogP contribution is -2.22. The summed E-state index contributed by atoms with van der Waals surface area (Å²) in [5.74, 6) is 2.16. The van der Waals surface area contributed by atoms with Gasteiger partial charge in [0.1, 0.15) is 17.0 Å². The molecule has 2 aromatic carbocycles. The standard InChI is InChI=1S/C27H26N4O4/c1-5-18-9-11-19(12-10-18)21-15-23-27(32)30(13-14-31(23)29-21)16-22-17(2)35-26(28-22)20-7-6-8-24(33-3)25(20)34-4/h6-15H,5,16H2,1-4H3. The number of para-hydroxylation sites is 1. The maximum absolute atomic E-state index is 13.3. The van der Waals surface area contributed by atoms with Gasteiger partial charge in [0.25, 0.3) is 5.56 Å². The molecular weight excluding hydrogens is 444 g/mol. The topological polar surface area (TPSA) is 83.8 Å². The number of oxazole rings is 1. The van der Waals surface area contributed by atoms with Crippen molar-refractivity contribution in [2.24, 2.45) is 0 Å². The molecule has 0 unspecified atom stereocenters. The van der Waals surface area contributed by atoms with Crippen molar-refractivity contribution in [3.8, 4) is 34.2 Å². The largest absolute Gasteiger partial charge is 0.493 e. The lowest BCUT2D eigenvalue weighted by Gasteiger charge is -2.10. The molecule has 0 N–H and O–H groups in total. The Morgan fingerprint density at radius 1 is 1.03 bits per heavy atom. The van der Waals surface area contributed by atoms with Crippen LogP contribution in [0.2, 0.25) is 0 Å². The first-order valence-electron chi connectivity index (χ1n) is 11.4. The van der Waals surface area contributed by atoms with Gasteiger partial charge >= 0.3 is 0 Å². The fraction of sp³-hybridized carbons (Fsp3) is 0.222. The quantitative estimate of drug-likeness (QED) is 0.341. The zero-order valence-corrected chi connectivity index (χ0v) is 20.1. The van der Waals surface area contributed by atoms with E-state index in [4.69, 9.17) is 13.9 Å². The molecule has 0 saturated carbocycles. The molecule has 0 aliphatic heterocycles. The lowest BCUT2D eigenvalue weighted by molar-refractivity contribution is 0.355. The molecule has 178 valence electrons. The van der Waals surface area contributed by atoms with E-state index in [1.54, 1.807) is 35.7 Å². The fourth-order valence-electron chi connectivity index (χ4n) is 4.11. The summed E-state index contributed by atoms with van der Waals surface area (Å²) in [7, 11) is 3.16. The Morgan fingerprint density at radius 2 is 1.83 bits per heavy atom. The monoisotopic (exact) mass is 470 g/mol. The maximum atomic E-state index is 13.3. The van der Waals surface area contributed by atoms with E-state index in [0.717, 1.165) is 17.7 Å². The van der Waals surface area contributed by atoms with Gasteiger partial charge in [-0.2, -0.15) is 5.10 Å². The second-order valence-corrected chi connectivity index (χ2v) is 8.20. The van der Waals surface area contributed by atoms with E-state index in [9.17, 15) is 4.79 Å². The minimum Gasteiger partial charge on any atom is -0.493 e. The SMILES string of the molecule is CCc1ccc(-c2cc3c(=O)n(Cc4nc(-c5cccc(OC)c5OC)oc4C)ccn3n2)cc1. The van der Waals surface area contributed by atoms with Crippen molar-refractivity contribution in [1.82, 2.24) is 19.2 Å². The Bertz CT molecular complexity index is 1560. The van der Waals surface area contributed by atoms with Gasteiger partial charge in [-0.3, -0.25) is 4.79 Å². The number of nitrogens with zero attached hydrogens (tertiary/aromatic N) is 4. The van der Waals surface area contributed by atoms with E-state index in [2.05, 4.69) is 29.1 Å². The summed E-state index contributed by atoms with van der Waals surface area (Å²) in [6.07, 6.45) is 4.47. The molecule has 0 radical (unpaired) electrons. The third kappa shape index (κ3) is 4.07. The van der Waals surface area contributed by atoms with Gasteiger partial charge in [-0.1, -0.05) is 37.3 Å². The molecule has 35 heavy (non-hydrogen) atoms. The molecule has 0 aliphatic carbocycles. The number of hydrogen-bond donors (Lipinski definition) is 0. The van der Waals surface area contributed by atoms with E-state index >= 15 is 0 Å². The maximum Gasteiger partial charge on any atom is 0.276 e. The molecule has 3 aromatic heterocycles. The number of aromatic nitrogens is 4. The fourth-order valence-corrected chi connectivity index (χ4v) is 4.11. The minimum absolute atomic E-state index is 0.153. The van der Waals surface area contributed by atoms with E-state index in [0.29, 0.717) is 39.9 Å². The van der Waals surface area contributed by atoms with E-state index in [-0.39, 0.29) is 12.1 Å². The third-order valence-corrected chi connectivity index (χ3v) is 6.11. The van der Waals surface area contributed by atoms with E-state index in [1.165, 1.54) is 5.56 Å². The van der Waals surface area contributed by atoms with Crippen LogP contribution >= 0.6 is 0 Å². The van der Waals surface area contributed by atoms with Gasteiger partial charge in [0.2, 0.25) is 5.89 Å². The van der Waals surface area contributed by atoms with Crippen LogP contribution in [0.3, 0.4) is 0 Å². The molecule has 0 atom stereocenters. The molecule has 5 rings (SSSR count). The van der Waals surface area contributed by atoms with Crippen molar-refractivity contribution in [3.63, 3.8) is 0 Å². The zero-order chi connectivity index (χ0) is 24.5. The van der Waals surface area contributed by atoms with Gasteiger partial charge in [0.15, 0.2) is 11.5 Å². The minimum atomic E-state index is -0.153. The van der Waals surface area contributed by atoms with Crippen molar-refractivity contribution in [2.75, 3.05) is 14.2 Å². The number of hydrogen-bond acceptors (Lipinski definition) is 6. The molecule has 3 heterocycles. The summed E-state index contributed by atoms with van der Waals surface area (Å²) < 4.78 is 20.1. The lowest BCUT2D eigenvalue weighted by atomic mass is 10.1. The summed E-state index contributed by atoms with van der Waals surface area (Å²) in [5.41, 5.74) is 4.67. The Hall–Kier alpha value is -4.33. The second-order valence-electron chi connectivity index (χ2n) is 8.20. The van der Waals surface area contributed by atoms with Crippen molar-refractivity contribution in [3.05, 3.63) is 88.3 Å². The van der Waals surface area contributed by atoms with E-state index in [1.807, 2.05) is 43.3 Å². The van der Waals surface area contributed by atoms with Crippen molar-refractivity contribution in [1.29, 1.82) is 0 Å². The van der Waals surface area contributed by atoms with Gasteiger partial charge in [-0.15, -0.1) is 0 Å². The molecule has 5 aromatic rings. The average Bonchev–Trinajstić information content (AvgIpc) is 3.49. The third-order valence-electron chi connectivity index (χ3n) is 6.11. The van der Waals surface area contributed by atoms with Gasteiger partial charge in [0, 0.05) is 18.0 Å². The van der Waals surface area contributed by atoms with Crippen LogP contribution in [0, 0.1) is 6.92 Å². The first-order chi connectivity index (χ1) is 17.0. The summed E-state index contributed by atoms with van der Waals surface area (Å²) in [6.45, 7) is 4.22. The molecule has 0 spiro atoms. The Labute approximate surface area is 202 Å². The average molecular weight is 471 g/mol. The highest BCUT2D eigenvalue weighted by atomic mass is 16.5.